The molecule has 0 aliphatic carbocycles. The van der Waals surface area contributed by atoms with Gasteiger partial charge >= 0.3 is 0 Å². The van der Waals surface area contributed by atoms with Gasteiger partial charge in [0.2, 0.25) is 0 Å². The van der Waals surface area contributed by atoms with E-state index in [0.29, 0.717) is 6.61 Å². The summed E-state index contributed by atoms with van der Waals surface area (Å²) in [5, 5.41) is 9.41. The Morgan fingerprint density at radius 1 is 1.18 bits per heavy atom. The van der Waals surface area contributed by atoms with E-state index in [4.69, 9.17) is 9.47 Å². The zero-order valence-corrected chi connectivity index (χ0v) is 12.1. The van der Waals surface area contributed by atoms with Crippen molar-refractivity contribution in [1.29, 1.82) is 0 Å². The van der Waals surface area contributed by atoms with Crippen LogP contribution >= 0.6 is 0 Å². The Hall–Kier alpha value is -0.120. The fourth-order valence-corrected chi connectivity index (χ4v) is 2.06. The van der Waals surface area contributed by atoms with Gasteiger partial charge in [0.05, 0.1) is 24.4 Å². The van der Waals surface area contributed by atoms with Crippen molar-refractivity contribution in [2.45, 2.75) is 65.8 Å². The summed E-state index contributed by atoms with van der Waals surface area (Å²) in [4.78, 5) is 0. The average molecular weight is 244 g/mol. The molecule has 1 N–H and O–H groups in total. The number of aliphatic hydroxyl groups is 1. The summed E-state index contributed by atoms with van der Waals surface area (Å²) in [5.74, 6) is 0.210. The molecule has 3 atom stereocenters. The molecule has 0 aromatic rings. The first-order valence-electron chi connectivity index (χ1n) is 6.54. The molecule has 17 heavy (non-hydrogen) atoms. The lowest BCUT2D eigenvalue weighted by molar-refractivity contribution is -0.0956. The molecule has 1 saturated heterocycles. The number of hydrogen-bond donors (Lipinski definition) is 1. The van der Waals surface area contributed by atoms with Gasteiger partial charge in [-0.1, -0.05) is 20.8 Å². The van der Waals surface area contributed by atoms with E-state index in [9.17, 15) is 5.11 Å². The summed E-state index contributed by atoms with van der Waals surface area (Å²) < 4.78 is 11.8. The van der Waals surface area contributed by atoms with Crippen LogP contribution in [-0.2, 0) is 9.47 Å². The number of aliphatic hydroxyl groups excluding tert-OH is 1. The average Bonchev–Trinajstić information content (AvgIpc) is 2.55. The molecule has 102 valence electrons. The highest BCUT2D eigenvalue weighted by Gasteiger charge is 2.40. The summed E-state index contributed by atoms with van der Waals surface area (Å²) in [6, 6.07) is 0. The van der Waals surface area contributed by atoms with Gasteiger partial charge < -0.3 is 14.6 Å². The van der Waals surface area contributed by atoms with Crippen LogP contribution in [0.1, 0.15) is 48.0 Å². The second kappa shape index (κ2) is 5.25. The van der Waals surface area contributed by atoms with Crippen LogP contribution in [0.25, 0.3) is 0 Å². The molecule has 0 radical (unpaired) electrons. The molecule has 0 aromatic heterocycles. The van der Waals surface area contributed by atoms with E-state index in [2.05, 4.69) is 20.8 Å². The smallest absolute Gasteiger partial charge is 0.0863 e. The van der Waals surface area contributed by atoms with Crippen molar-refractivity contribution in [3.8, 4) is 0 Å². The first kappa shape index (κ1) is 14.9. The molecule has 0 amide bonds. The Morgan fingerprint density at radius 3 is 2.18 bits per heavy atom. The molecule has 0 spiro atoms. The van der Waals surface area contributed by atoms with Crippen molar-refractivity contribution in [2.75, 3.05) is 13.2 Å². The molecule has 0 unspecified atom stereocenters. The highest BCUT2D eigenvalue weighted by atomic mass is 16.6. The number of ether oxygens (including phenoxy) is 2. The molecular weight excluding hydrogens is 216 g/mol. The van der Waals surface area contributed by atoms with Crippen molar-refractivity contribution in [3.63, 3.8) is 0 Å². The maximum absolute atomic E-state index is 9.41. The topological polar surface area (TPSA) is 38.7 Å². The first-order chi connectivity index (χ1) is 7.63. The maximum atomic E-state index is 9.41. The van der Waals surface area contributed by atoms with Crippen LogP contribution in [0.4, 0.5) is 0 Å². The second-order valence-corrected chi connectivity index (χ2v) is 7.13. The largest absolute Gasteiger partial charge is 0.396 e. The highest BCUT2D eigenvalue weighted by Crippen LogP contribution is 2.37. The fourth-order valence-electron chi connectivity index (χ4n) is 2.06. The minimum atomic E-state index is -0.150. The van der Waals surface area contributed by atoms with Crippen molar-refractivity contribution in [3.05, 3.63) is 0 Å². The summed E-state index contributed by atoms with van der Waals surface area (Å²) in [5.41, 5.74) is -0.0207. The number of hydrogen-bond acceptors (Lipinski definition) is 3. The highest BCUT2D eigenvalue weighted by molar-refractivity contribution is 4.88. The van der Waals surface area contributed by atoms with Gasteiger partial charge in [-0.2, -0.15) is 0 Å². The normalized spacial score (nSPS) is 30.9. The Kier molecular flexibility index (Phi) is 4.61. The van der Waals surface area contributed by atoms with Gasteiger partial charge in [-0.25, -0.2) is 0 Å². The van der Waals surface area contributed by atoms with Crippen molar-refractivity contribution >= 4 is 0 Å². The second-order valence-electron chi connectivity index (χ2n) is 7.13. The molecule has 1 rings (SSSR count). The number of rotatable bonds is 3. The van der Waals surface area contributed by atoms with Crippen LogP contribution in [0.15, 0.2) is 0 Å². The molecule has 3 heteroatoms. The Morgan fingerprint density at radius 2 is 1.76 bits per heavy atom. The van der Waals surface area contributed by atoms with Gasteiger partial charge in [-0.3, -0.25) is 0 Å². The Bertz CT molecular complexity index is 237. The van der Waals surface area contributed by atoms with E-state index in [1.54, 1.807) is 0 Å². The summed E-state index contributed by atoms with van der Waals surface area (Å²) in [7, 11) is 0. The minimum absolute atomic E-state index is 0.0310. The molecule has 1 fully saturated rings. The van der Waals surface area contributed by atoms with Crippen LogP contribution in [0.5, 0.6) is 0 Å². The van der Waals surface area contributed by atoms with E-state index in [-0.39, 0.29) is 35.7 Å². The standard InChI is InChI=1S/C14H28O3/c1-13(2,3)12-7-10(8-15)11(17-12)9-16-14(4,5)6/h10-12,15H,7-9H2,1-6H3/t10-,11-,12+/m1/s1. The molecule has 0 aromatic carbocycles. The quantitative estimate of drug-likeness (QED) is 0.829. The zero-order valence-electron chi connectivity index (χ0n) is 12.1. The van der Waals surface area contributed by atoms with Gasteiger partial charge in [0.1, 0.15) is 0 Å². The lowest BCUT2D eigenvalue weighted by Gasteiger charge is -2.28. The van der Waals surface area contributed by atoms with Gasteiger partial charge in [0.15, 0.2) is 0 Å². The molecule has 3 nitrogen and oxygen atoms in total. The monoisotopic (exact) mass is 244 g/mol. The van der Waals surface area contributed by atoms with Crippen LogP contribution < -0.4 is 0 Å². The Labute approximate surface area is 105 Å². The van der Waals surface area contributed by atoms with Gasteiger partial charge in [-0.05, 0) is 32.6 Å². The lowest BCUT2D eigenvalue weighted by atomic mass is 9.85. The molecular formula is C14H28O3. The van der Waals surface area contributed by atoms with E-state index in [1.165, 1.54) is 0 Å². The van der Waals surface area contributed by atoms with Gasteiger partial charge in [0.25, 0.3) is 0 Å². The predicted molar refractivity (Wildman–Crippen MR) is 69.0 cm³/mol. The summed E-state index contributed by atoms with van der Waals surface area (Å²) >= 11 is 0. The van der Waals surface area contributed by atoms with Crippen LogP contribution in [0.2, 0.25) is 0 Å². The van der Waals surface area contributed by atoms with Crippen molar-refractivity contribution < 1.29 is 14.6 Å². The molecule has 1 heterocycles. The summed E-state index contributed by atoms with van der Waals surface area (Å²) in [6.07, 6.45) is 1.18. The molecule has 0 bridgehead atoms. The van der Waals surface area contributed by atoms with E-state index >= 15 is 0 Å². The van der Waals surface area contributed by atoms with Crippen LogP contribution in [0.3, 0.4) is 0 Å². The third-order valence-corrected chi connectivity index (χ3v) is 3.26. The predicted octanol–water partition coefficient (Wildman–Crippen LogP) is 2.61. The van der Waals surface area contributed by atoms with Gasteiger partial charge in [-0.15, -0.1) is 0 Å². The van der Waals surface area contributed by atoms with E-state index in [1.807, 2.05) is 20.8 Å². The van der Waals surface area contributed by atoms with Crippen molar-refractivity contribution in [1.82, 2.24) is 0 Å². The van der Waals surface area contributed by atoms with Gasteiger partial charge in [0, 0.05) is 12.5 Å². The zero-order chi connectivity index (χ0) is 13.3. The van der Waals surface area contributed by atoms with E-state index < -0.39 is 0 Å². The van der Waals surface area contributed by atoms with E-state index in [0.717, 1.165) is 6.42 Å². The third kappa shape index (κ3) is 4.57. The first-order valence-corrected chi connectivity index (χ1v) is 6.54. The fraction of sp³-hybridized carbons (Fsp3) is 1.00. The van der Waals surface area contributed by atoms with Crippen LogP contribution in [0, 0.1) is 11.3 Å². The minimum Gasteiger partial charge on any atom is -0.396 e. The molecule has 0 saturated carbocycles. The lowest BCUT2D eigenvalue weighted by Crippen LogP contribution is -2.32. The van der Waals surface area contributed by atoms with Crippen molar-refractivity contribution in [2.24, 2.45) is 11.3 Å². The third-order valence-electron chi connectivity index (χ3n) is 3.26. The molecule has 1 aliphatic heterocycles. The Balaban J connectivity index is 2.54. The summed E-state index contributed by atoms with van der Waals surface area (Å²) in [6.45, 7) is 13.4. The van der Waals surface area contributed by atoms with Crippen LogP contribution in [-0.4, -0.2) is 36.1 Å². The molecule has 1 aliphatic rings. The maximum Gasteiger partial charge on any atom is 0.0863 e. The SMILES string of the molecule is CC(C)(C)OC[C@H]1O[C@H](C(C)(C)C)C[C@@H]1CO.